The van der Waals surface area contributed by atoms with Crippen LogP contribution in [0.25, 0.3) is 11.0 Å². The van der Waals surface area contributed by atoms with Crippen molar-refractivity contribution in [1.29, 1.82) is 0 Å². The predicted octanol–water partition coefficient (Wildman–Crippen LogP) is 5.60. The molecular formula is C15H19BrN2S. The van der Waals surface area contributed by atoms with Crippen LogP contribution in [0.3, 0.4) is 0 Å². The van der Waals surface area contributed by atoms with Crippen LogP contribution < -0.4 is 0 Å². The summed E-state index contributed by atoms with van der Waals surface area (Å²) in [5.41, 5.74) is 2.67. The van der Waals surface area contributed by atoms with E-state index in [4.69, 9.17) is 12.2 Å². The lowest BCUT2D eigenvalue weighted by Crippen LogP contribution is -2.30. The summed E-state index contributed by atoms with van der Waals surface area (Å²) in [6.07, 6.45) is 5.15. The van der Waals surface area contributed by atoms with E-state index in [-0.39, 0.29) is 0 Å². The fourth-order valence-corrected chi connectivity index (χ4v) is 4.06. The molecule has 2 aromatic rings. The Hall–Kier alpha value is -0.610. The zero-order valence-electron chi connectivity index (χ0n) is 11.4. The van der Waals surface area contributed by atoms with Gasteiger partial charge in [0, 0.05) is 10.5 Å². The Morgan fingerprint density at radius 3 is 2.89 bits per heavy atom. The SMILES string of the molecule is CC1(C)CCCCC1n1c(=S)[nH]c2cc(Br)ccc21. The predicted molar refractivity (Wildman–Crippen MR) is 86.1 cm³/mol. The molecular weight excluding hydrogens is 320 g/mol. The Labute approximate surface area is 127 Å². The van der Waals surface area contributed by atoms with E-state index in [1.54, 1.807) is 0 Å². The molecule has 1 aromatic carbocycles. The molecule has 0 aliphatic heterocycles. The van der Waals surface area contributed by atoms with Crippen LogP contribution in [0.1, 0.15) is 45.6 Å². The second kappa shape index (κ2) is 4.74. The highest BCUT2D eigenvalue weighted by molar-refractivity contribution is 9.10. The number of rotatable bonds is 1. The molecule has 1 fully saturated rings. The average Bonchev–Trinajstić information content (AvgIpc) is 2.64. The Kier molecular flexibility index (Phi) is 3.34. The number of aromatic amines is 1. The molecule has 1 aliphatic rings. The first kappa shape index (κ1) is 13.4. The molecule has 1 saturated carbocycles. The van der Waals surface area contributed by atoms with Gasteiger partial charge in [0.2, 0.25) is 0 Å². The van der Waals surface area contributed by atoms with Crippen LogP contribution in [0.15, 0.2) is 22.7 Å². The van der Waals surface area contributed by atoms with Gasteiger partial charge in [-0.05, 0) is 48.7 Å². The van der Waals surface area contributed by atoms with E-state index in [9.17, 15) is 0 Å². The van der Waals surface area contributed by atoms with Gasteiger partial charge in [-0.15, -0.1) is 0 Å². The second-order valence-electron chi connectivity index (χ2n) is 6.21. The summed E-state index contributed by atoms with van der Waals surface area (Å²) in [4.78, 5) is 3.35. The van der Waals surface area contributed by atoms with Gasteiger partial charge in [-0.25, -0.2) is 0 Å². The molecule has 2 nitrogen and oxygen atoms in total. The van der Waals surface area contributed by atoms with Gasteiger partial charge in [0.05, 0.1) is 11.0 Å². The summed E-state index contributed by atoms with van der Waals surface area (Å²) >= 11 is 9.09. The number of hydrogen-bond acceptors (Lipinski definition) is 1. The molecule has 1 aromatic heterocycles. The maximum absolute atomic E-state index is 5.57. The molecule has 3 rings (SSSR count). The molecule has 0 bridgehead atoms. The Morgan fingerprint density at radius 1 is 1.37 bits per heavy atom. The molecule has 19 heavy (non-hydrogen) atoms. The third-order valence-corrected chi connectivity index (χ3v) is 5.23. The first-order chi connectivity index (χ1) is 8.99. The number of hydrogen-bond donors (Lipinski definition) is 1. The molecule has 4 heteroatoms. The van der Waals surface area contributed by atoms with Crippen molar-refractivity contribution in [1.82, 2.24) is 9.55 Å². The topological polar surface area (TPSA) is 20.7 Å². The number of nitrogens with zero attached hydrogens (tertiary/aromatic N) is 1. The quantitative estimate of drug-likeness (QED) is 0.671. The maximum Gasteiger partial charge on any atom is 0.178 e. The lowest BCUT2D eigenvalue weighted by atomic mass is 9.73. The summed E-state index contributed by atoms with van der Waals surface area (Å²) in [7, 11) is 0. The fourth-order valence-electron chi connectivity index (χ4n) is 3.37. The molecule has 0 saturated heterocycles. The lowest BCUT2D eigenvalue weighted by Gasteiger charge is -2.39. The number of H-pyrrole nitrogens is 1. The van der Waals surface area contributed by atoms with Crippen LogP contribution in [-0.2, 0) is 0 Å². The third-order valence-electron chi connectivity index (χ3n) is 4.44. The van der Waals surface area contributed by atoms with Crippen molar-refractivity contribution in [3.63, 3.8) is 0 Å². The van der Waals surface area contributed by atoms with Gasteiger partial charge in [0.15, 0.2) is 4.77 Å². The number of aromatic nitrogens is 2. The van der Waals surface area contributed by atoms with Crippen molar-refractivity contribution in [2.24, 2.45) is 5.41 Å². The highest BCUT2D eigenvalue weighted by atomic mass is 79.9. The van der Waals surface area contributed by atoms with Crippen LogP contribution in [0.2, 0.25) is 0 Å². The van der Waals surface area contributed by atoms with Crippen LogP contribution in [0, 0.1) is 10.2 Å². The molecule has 1 N–H and O–H groups in total. The van der Waals surface area contributed by atoms with Gasteiger partial charge in [-0.3, -0.25) is 0 Å². The van der Waals surface area contributed by atoms with Crippen molar-refractivity contribution < 1.29 is 0 Å². The monoisotopic (exact) mass is 338 g/mol. The Bertz CT molecular complexity index is 668. The number of imidazole rings is 1. The molecule has 102 valence electrons. The van der Waals surface area contributed by atoms with Crippen LogP contribution in [0.4, 0.5) is 0 Å². The number of benzene rings is 1. The van der Waals surface area contributed by atoms with E-state index >= 15 is 0 Å². The van der Waals surface area contributed by atoms with Crippen molar-refractivity contribution in [2.75, 3.05) is 0 Å². The highest BCUT2D eigenvalue weighted by Crippen LogP contribution is 2.45. The third kappa shape index (κ3) is 2.29. The van der Waals surface area contributed by atoms with E-state index in [0.717, 1.165) is 14.8 Å². The van der Waals surface area contributed by atoms with Gasteiger partial charge in [0.1, 0.15) is 0 Å². The Balaban J connectivity index is 2.19. The minimum atomic E-state index is 0.318. The van der Waals surface area contributed by atoms with Gasteiger partial charge < -0.3 is 9.55 Å². The standard InChI is InChI=1S/C15H19BrN2S/c1-15(2)8-4-3-5-13(15)18-12-7-6-10(16)9-11(12)17-14(18)19/h6-7,9,13H,3-5,8H2,1-2H3,(H,17,19). The number of nitrogens with one attached hydrogen (secondary N) is 1. The number of halogens is 1. The van der Waals surface area contributed by atoms with Gasteiger partial charge >= 0.3 is 0 Å². The molecule has 0 spiro atoms. The molecule has 1 atom stereocenters. The van der Waals surface area contributed by atoms with E-state index in [1.165, 1.54) is 31.2 Å². The van der Waals surface area contributed by atoms with Gasteiger partial charge in [-0.1, -0.05) is 42.6 Å². The van der Waals surface area contributed by atoms with Crippen LogP contribution in [0.5, 0.6) is 0 Å². The molecule has 0 amide bonds. The number of fused-ring (bicyclic) bond motifs is 1. The van der Waals surface area contributed by atoms with E-state index in [0.29, 0.717) is 11.5 Å². The molecule has 0 radical (unpaired) electrons. The molecule has 1 aliphatic carbocycles. The first-order valence-corrected chi connectivity index (χ1v) is 8.09. The normalized spacial score (nSPS) is 22.8. The summed E-state index contributed by atoms with van der Waals surface area (Å²) in [6.45, 7) is 4.74. The van der Waals surface area contributed by atoms with Crippen molar-refractivity contribution in [2.45, 2.75) is 45.6 Å². The van der Waals surface area contributed by atoms with E-state index in [1.807, 2.05) is 0 Å². The second-order valence-corrected chi connectivity index (χ2v) is 7.51. The van der Waals surface area contributed by atoms with Crippen molar-refractivity contribution >= 4 is 39.2 Å². The zero-order valence-corrected chi connectivity index (χ0v) is 13.8. The van der Waals surface area contributed by atoms with E-state index < -0.39 is 0 Å². The van der Waals surface area contributed by atoms with Crippen LogP contribution >= 0.6 is 28.1 Å². The summed E-state index contributed by atoms with van der Waals surface area (Å²) in [5, 5.41) is 0. The first-order valence-electron chi connectivity index (χ1n) is 6.89. The van der Waals surface area contributed by atoms with E-state index in [2.05, 4.69) is 57.5 Å². The smallest absolute Gasteiger partial charge is 0.178 e. The minimum absolute atomic E-state index is 0.318. The fraction of sp³-hybridized carbons (Fsp3) is 0.533. The molecule has 1 heterocycles. The van der Waals surface area contributed by atoms with Crippen LogP contribution in [-0.4, -0.2) is 9.55 Å². The van der Waals surface area contributed by atoms with Gasteiger partial charge in [-0.2, -0.15) is 0 Å². The minimum Gasteiger partial charge on any atom is -0.331 e. The lowest BCUT2D eigenvalue weighted by molar-refractivity contribution is 0.146. The van der Waals surface area contributed by atoms with Gasteiger partial charge in [0.25, 0.3) is 0 Å². The largest absolute Gasteiger partial charge is 0.331 e. The Morgan fingerprint density at radius 2 is 2.16 bits per heavy atom. The maximum atomic E-state index is 5.57. The molecule has 1 unspecified atom stereocenters. The zero-order chi connectivity index (χ0) is 13.6. The summed E-state index contributed by atoms with van der Waals surface area (Å²) < 4.78 is 4.29. The summed E-state index contributed by atoms with van der Waals surface area (Å²) in [6, 6.07) is 6.87. The van der Waals surface area contributed by atoms with Crippen molar-refractivity contribution in [3.05, 3.63) is 27.4 Å². The highest BCUT2D eigenvalue weighted by Gasteiger charge is 2.34. The summed E-state index contributed by atoms with van der Waals surface area (Å²) in [5.74, 6) is 0. The van der Waals surface area contributed by atoms with Crippen molar-refractivity contribution in [3.8, 4) is 0 Å². The average molecular weight is 339 g/mol.